The predicted octanol–water partition coefficient (Wildman–Crippen LogP) is 1.53. The topological polar surface area (TPSA) is 88.1 Å². The molecule has 108 valence electrons. The van der Waals surface area contributed by atoms with E-state index in [0.29, 0.717) is 30.5 Å². The lowest BCUT2D eigenvalue weighted by Crippen LogP contribution is -2.15. The first-order valence-electron chi connectivity index (χ1n) is 6.46. The molecular weight excluding hydrogens is 258 g/mol. The molecule has 0 saturated heterocycles. The second-order valence-electron chi connectivity index (χ2n) is 4.41. The predicted molar refractivity (Wildman–Crippen MR) is 75.4 cm³/mol. The van der Waals surface area contributed by atoms with E-state index in [-0.39, 0.29) is 6.04 Å². The van der Waals surface area contributed by atoms with E-state index in [4.69, 9.17) is 15.2 Å². The van der Waals surface area contributed by atoms with E-state index in [1.165, 1.54) is 0 Å². The smallest absolute Gasteiger partial charge is 0.182 e. The fourth-order valence-corrected chi connectivity index (χ4v) is 1.89. The highest BCUT2D eigenvalue weighted by molar-refractivity contribution is 5.65. The number of anilines is 1. The Morgan fingerprint density at radius 1 is 1.40 bits per heavy atom. The molecule has 0 aliphatic carbocycles. The number of ether oxygens (including phenoxy) is 2. The van der Waals surface area contributed by atoms with Crippen molar-refractivity contribution in [1.82, 2.24) is 20.2 Å². The Bertz CT molecular complexity index is 570. The third-order valence-electron chi connectivity index (χ3n) is 2.97. The minimum atomic E-state index is 0.0449. The number of nitrogens with zero attached hydrogens (tertiary/aromatic N) is 4. The maximum atomic E-state index is 5.81. The summed E-state index contributed by atoms with van der Waals surface area (Å²) in [5, 5.41) is 11.8. The Morgan fingerprint density at radius 3 is 2.90 bits per heavy atom. The summed E-state index contributed by atoms with van der Waals surface area (Å²) in [6.45, 7) is 5.18. The molecule has 1 aromatic heterocycles. The Morgan fingerprint density at radius 2 is 2.20 bits per heavy atom. The average Bonchev–Trinajstić information content (AvgIpc) is 2.94. The molecule has 2 rings (SSSR count). The number of nitrogens with two attached hydrogens (primary N) is 1. The fourth-order valence-electron chi connectivity index (χ4n) is 1.89. The van der Waals surface area contributed by atoms with E-state index in [9.17, 15) is 0 Å². The number of methoxy groups -OCH3 is 1. The fraction of sp³-hybridized carbons (Fsp3) is 0.462. The summed E-state index contributed by atoms with van der Waals surface area (Å²) >= 11 is 0. The number of tetrazole rings is 1. The van der Waals surface area contributed by atoms with Crippen LogP contribution in [0.4, 0.5) is 5.69 Å². The average molecular weight is 277 g/mol. The van der Waals surface area contributed by atoms with Gasteiger partial charge in [-0.05, 0) is 42.5 Å². The van der Waals surface area contributed by atoms with E-state index in [1.54, 1.807) is 17.9 Å². The van der Waals surface area contributed by atoms with Crippen LogP contribution in [0.1, 0.15) is 19.9 Å². The van der Waals surface area contributed by atoms with Crippen molar-refractivity contribution in [3.05, 3.63) is 18.2 Å². The summed E-state index contributed by atoms with van der Waals surface area (Å²) < 4.78 is 12.4. The van der Waals surface area contributed by atoms with Crippen molar-refractivity contribution in [2.24, 2.45) is 0 Å². The Hall–Kier alpha value is -2.15. The second-order valence-corrected chi connectivity index (χ2v) is 4.41. The number of rotatable bonds is 6. The Kier molecular flexibility index (Phi) is 4.52. The molecule has 1 atom stereocenters. The van der Waals surface area contributed by atoms with Crippen molar-refractivity contribution in [3.63, 3.8) is 0 Å². The van der Waals surface area contributed by atoms with Crippen molar-refractivity contribution >= 4 is 5.69 Å². The van der Waals surface area contributed by atoms with Crippen LogP contribution in [0.2, 0.25) is 0 Å². The lowest BCUT2D eigenvalue weighted by atomic mass is 10.1. The number of nitrogen functional groups attached to an aromatic ring is 1. The first-order valence-corrected chi connectivity index (χ1v) is 6.46. The van der Waals surface area contributed by atoms with Gasteiger partial charge in [-0.15, -0.1) is 5.10 Å². The molecule has 2 aromatic rings. The molecule has 1 heterocycles. The van der Waals surface area contributed by atoms with E-state index in [0.717, 1.165) is 5.56 Å². The maximum Gasteiger partial charge on any atom is 0.182 e. The first kappa shape index (κ1) is 14.3. The minimum Gasteiger partial charge on any atom is -0.495 e. The van der Waals surface area contributed by atoms with E-state index in [2.05, 4.69) is 15.5 Å². The summed E-state index contributed by atoms with van der Waals surface area (Å²) in [4.78, 5) is 0. The third kappa shape index (κ3) is 2.88. The van der Waals surface area contributed by atoms with Crippen LogP contribution in [0.3, 0.4) is 0 Å². The quantitative estimate of drug-likeness (QED) is 0.805. The molecule has 0 fully saturated rings. The normalized spacial score (nSPS) is 12.3. The molecule has 0 amide bonds. The van der Waals surface area contributed by atoms with Crippen molar-refractivity contribution < 1.29 is 9.47 Å². The zero-order valence-corrected chi connectivity index (χ0v) is 11.9. The van der Waals surface area contributed by atoms with E-state index >= 15 is 0 Å². The Balaban J connectivity index is 2.32. The van der Waals surface area contributed by atoms with Gasteiger partial charge in [-0.3, -0.25) is 0 Å². The van der Waals surface area contributed by atoms with Crippen LogP contribution in [0.5, 0.6) is 5.75 Å². The highest BCUT2D eigenvalue weighted by Gasteiger charge is 2.15. The number of hydrogen-bond acceptors (Lipinski definition) is 6. The van der Waals surface area contributed by atoms with Crippen LogP contribution < -0.4 is 10.5 Å². The Labute approximate surface area is 117 Å². The van der Waals surface area contributed by atoms with Gasteiger partial charge in [0.2, 0.25) is 0 Å². The van der Waals surface area contributed by atoms with Gasteiger partial charge in [0.05, 0.1) is 25.4 Å². The standard InChI is InChI=1S/C13H19N5O2/c1-4-20-8-9(2)18-13(15-16-17-18)10-5-6-11(14)12(7-10)19-3/h5-7,9H,4,8,14H2,1-3H3. The molecule has 0 spiro atoms. The van der Waals surface area contributed by atoms with Crippen LogP contribution in [-0.4, -0.2) is 40.5 Å². The monoisotopic (exact) mass is 277 g/mol. The lowest BCUT2D eigenvalue weighted by Gasteiger charge is -2.13. The van der Waals surface area contributed by atoms with Gasteiger partial charge in [-0.25, -0.2) is 4.68 Å². The molecule has 20 heavy (non-hydrogen) atoms. The molecule has 2 N–H and O–H groups in total. The molecule has 0 bridgehead atoms. The molecule has 7 nitrogen and oxygen atoms in total. The highest BCUT2D eigenvalue weighted by Crippen LogP contribution is 2.28. The zero-order chi connectivity index (χ0) is 14.5. The molecule has 0 aliphatic heterocycles. The van der Waals surface area contributed by atoms with Gasteiger partial charge in [-0.2, -0.15) is 0 Å². The second kappa shape index (κ2) is 6.33. The summed E-state index contributed by atoms with van der Waals surface area (Å²) in [5.41, 5.74) is 7.25. The van der Waals surface area contributed by atoms with Crippen LogP contribution in [-0.2, 0) is 4.74 Å². The lowest BCUT2D eigenvalue weighted by molar-refractivity contribution is 0.115. The maximum absolute atomic E-state index is 5.81. The van der Waals surface area contributed by atoms with Crippen molar-refractivity contribution in [2.75, 3.05) is 26.1 Å². The van der Waals surface area contributed by atoms with Crippen molar-refractivity contribution in [1.29, 1.82) is 0 Å². The summed E-state index contributed by atoms with van der Waals surface area (Å²) in [7, 11) is 1.58. The molecule has 0 radical (unpaired) electrons. The molecular formula is C13H19N5O2. The van der Waals surface area contributed by atoms with Gasteiger partial charge in [0.15, 0.2) is 5.82 Å². The van der Waals surface area contributed by atoms with Crippen LogP contribution in [0, 0.1) is 0 Å². The minimum absolute atomic E-state index is 0.0449. The SMILES string of the molecule is CCOCC(C)n1nnnc1-c1ccc(N)c(OC)c1. The molecule has 1 unspecified atom stereocenters. The summed E-state index contributed by atoms with van der Waals surface area (Å²) in [5.74, 6) is 1.27. The third-order valence-corrected chi connectivity index (χ3v) is 2.97. The zero-order valence-electron chi connectivity index (χ0n) is 11.9. The number of hydrogen-bond donors (Lipinski definition) is 1. The van der Waals surface area contributed by atoms with Crippen molar-refractivity contribution in [2.45, 2.75) is 19.9 Å². The van der Waals surface area contributed by atoms with Gasteiger partial charge in [-0.1, -0.05) is 0 Å². The van der Waals surface area contributed by atoms with Gasteiger partial charge in [0, 0.05) is 12.2 Å². The molecule has 1 aromatic carbocycles. The summed E-state index contributed by atoms with van der Waals surface area (Å²) in [6, 6.07) is 5.52. The van der Waals surface area contributed by atoms with Gasteiger partial charge >= 0.3 is 0 Å². The largest absolute Gasteiger partial charge is 0.495 e. The highest BCUT2D eigenvalue weighted by atomic mass is 16.5. The number of aromatic nitrogens is 4. The van der Waals surface area contributed by atoms with Gasteiger partial charge in [0.1, 0.15) is 5.75 Å². The van der Waals surface area contributed by atoms with E-state index < -0.39 is 0 Å². The van der Waals surface area contributed by atoms with Gasteiger partial charge in [0.25, 0.3) is 0 Å². The summed E-state index contributed by atoms with van der Waals surface area (Å²) in [6.07, 6.45) is 0. The van der Waals surface area contributed by atoms with E-state index in [1.807, 2.05) is 26.0 Å². The van der Waals surface area contributed by atoms with Crippen LogP contribution in [0.15, 0.2) is 18.2 Å². The molecule has 0 aliphatic rings. The number of benzene rings is 1. The van der Waals surface area contributed by atoms with Crippen LogP contribution >= 0.6 is 0 Å². The van der Waals surface area contributed by atoms with Crippen molar-refractivity contribution in [3.8, 4) is 17.1 Å². The molecule has 0 saturated carbocycles. The van der Waals surface area contributed by atoms with Crippen LogP contribution in [0.25, 0.3) is 11.4 Å². The van der Waals surface area contributed by atoms with Gasteiger partial charge < -0.3 is 15.2 Å². The first-order chi connectivity index (χ1) is 9.67. The molecule has 7 heteroatoms.